The predicted molar refractivity (Wildman–Crippen MR) is 74.1 cm³/mol. The summed E-state index contributed by atoms with van der Waals surface area (Å²) in [6.45, 7) is 0. The monoisotopic (exact) mass is 277 g/mol. The Labute approximate surface area is 115 Å². The minimum Gasteiger partial charge on any atom is -0.507 e. The van der Waals surface area contributed by atoms with Crippen LogP contribution in [0.15, 0.2) is 42.5 Å². The van der Waals surface area contributed by atoms with E-state index >= 15 is 0 Å². The van der Waals surface area contributed by atoms with E-state index in [-0.39, 0.29) is 11.3 Å². The molecule has 0 aliphatic carbocycles. The summed E-state index contributed by atoms with van der Waals surface area (Å²) in [4.78, 5) is 12.1. The Morgan fingerprint density at radius 1 is 1.26 bits per heavy atom. The Balaban J connectivity index is 2.28. The van der Waals surface area contributed by atoms with Crippen LogP contribution >= 0.6 is 11.6 Å². The highest BCUT2D eigenvalue weighted by Gasteiger charge is 2.13. The molecule has 19 heavy (non-hydrogen) atoms. The van der Waals surface area contributed by atoms with Crippen molar-refractivity contribution in [2.75, 3.05) is 12.4 Å². The van der Waals surface area contributed by atoms with E-state index in [9.17, 15) is 9.90 Å². The molecule has 0 fully saturated rings. The number of hydrogen-bond acceptors (Lipinski definition) is 3. The summed E-state index contributed by atoms with van der Waals surface area (Å²) < 4.78 is 5.13. The number of anilines is 1. The molecule has 0 radical (unpaired) electrons. The van der Waals surface area contributed by atoms with Crippen LogP contribution in [0.2, 0.25) is 5.02 Å². The summed E-state index contributed by atoms with van der Waals surface area (Å²) in [6.07, 6.45) is 0. The standard InChI is InChI=1S/C14H12ClNO3/c1-19-13-5-3-2-4-11(13)16-14(18)10-8-9(15)6-7-12(10)17/h2-8,17H,1H3,(H,16,18). The molecule has 5 heteroatoms. The molecule has 0 aromatic heterocycles. The molecule has 2 N–H and O–H groups in total. The van der Waals surface area contributed by atoms with Crippen LogP contribution in [0.3, 0.4) is 0 Å². The van der Waals surface area contributed by atoms with E-state index in [2.05, 4.69) is 5.32 Å². The molecule has 0 spiro atoms. The van der Waals surface area contributed by atoms with Crippen LogP contribution in [-0.4, -0.2) is 18.1 Å². The number of hydrogen-bond donors (Lipinski definition) is 2. The number of amides is 1. The van der Waals surface area contributed by atoms with Crippen molar-refractivity contribution in [3.63, 3.8) is 0 Å². The molecule has 0 bridgehead atoms. The van der Waals surface area contributed by atoms with Gasteiger partial charge in [-0.25, -0.2) is 0 Å². The fourth-order valence-electron chi connectivity index (χ4n) is 1.63. The van der Waals surface area contributed by atoms with Crippen LogP contribution in [0.1, 0.15) is 10.4 Å². The van der Waals surface area contributed by atoms with Crippen molar-refractivity contribution in [3.05, 3.63) is 53.1 Å². The van der Waals surface area contributed by atoms with Gasteiger partial charge in [0.05, 0.1) is 18.4 Å². The summed E-state index contributed by atoms with van der Waals surface area (Å²) >= 11 is 5.81. The Kier molecular flexibility index (Phi) is 3.92. The fourth-order valence-corrected chi connectivity index (χ4v) is 1.80. The third-order valence-electron chi connectivity index (χ3n) is 2.56. The minimum atomic E-state index is -0.454. The van der Waals surface area contributed by atoms with Crippen molar-refractivity contribution in [1.82, 2.24) is 0 Å². The van der Waals surface area contributed by atoms with E-state index in [0.29, 0.717) is 16.5 Å². The smallest absolute Gasteiger partial charge is 0.259 e. The van der Waals surface area contributed by atoms with Crippen molar-refractivity contribution in [2.24, 2.45) is 0 Å². The van der Waals surface area contributed by atoms with Crippen molar-refractivity contribution in [3.8, 4) is 11.5 Å². The molecular weight excluding hydrogens is 266 g/mol. The second-order valence-electron chi connectivity index (χ2n) is 3.82. The lowest BCUT2D eigenvalue weighted by Gasteiger charge is -2.10. The number of phenolic OH excluding ortho intramolecular Hbond substituents is 1. The fraction of sp³-hybridized carbons (Fsp3) is 0.0714. The molecule has 0 atom stereocenters. The first-order chi connectivity index (χ1) is 9.11. The molecule has 4 nitrogen and oxygen atoms in total. The molecule has 2 aromatic rings. The highest BCUT2D eigenvalue weighted by atomic mass is 35.5. The average molecular weight is 278 g/mol. The third kappa shape index (κ3) is 2.98. The number of phenols is 1. The predicted octanol–water partition coefficient (Wildman–Crippen LogP) is 3.31. The minimum absolute atomic E-state index is 0.110. The lowest BCUT2D eigenvalue weighted by molar-refractivity contribution is 0.102. The van der Waals surface area contributed by atoms with Crippen molar-refractivity contribution >= 4 is 23.2 Å². The van der Waals surface area contributed by atoms with Gasteiger partial charge in [-0.05, 0) is 30.3 Å². The molecule has 0 saturated carbocycles. The average Bonchev–Trinajstić information content (AvgIpc) is 2.42. The number of rotatable bonds is 3. The summed E-state index contributed by atoms with van der Waals surface area (Å²) in [7, 11) is 1.52. The van der Waals surface area contributed by atoms with Gasteiger partial charge in [-0.2, -0.15) is 0 Å². The summed E-state index contributed by atoms with van der Waals surface area (Å²) in [6, 6.07) is 11.3. The number of benzene rings is 2. The van der Waals surface area contributed by atoms with Gasteiger partial charge >= 0.3 is 0 Å². The lowest BCUT2D eigenvalue weighted by Crippen LogP contribution is -2.12. The molecule has 1 amide bonds. The zero-order valence-electron chi connectivity index (χ0n) is 10.2. The normalized spacial score (nSPS) is 10.0. The van der Waals surface area contributed by atoms with Crippen LogP contribution in [0, 0.1) is 0 Å². The highest BCUT2D eigenvalue weighted by Crippen LogP contribution is 2.26. The lowest BCUT2D eigenvalue weighted by atomic mass is 10.2. The topological polar surface area (TPSA) is 58.6 Å². The number of carbonyl (C=O) groups is 1. The number of nitrogens with one attached hydrogen (secondary N) is 1. The molecule has 2 rings (SSSR count). The molecule has 0 aliphatic heterocycles. The SMILES string of the molecule is COc1ccccc1NC(=O)c1cc(Cl)ccc1O. The van der Waals surface area contributed by atoms with Gasteiger partial charge in [0.25, 0.3) is 5.91 Å². The maximum atomic E-state index is 12.1. The van der Waals surface area contributed by atoms with Gasteiger partial charge in [0.15, 0.2) is 0 Å². The number of methoxy groups -OCH3 is 1. The first kappa shape index (κ1) is 13.2. The zero-order chi connectivity index (χ0) is 13.8. The molecule has 0 saturated heterocycles. The van der Waals surface area contributed by atoms with Gasteiger partial charge in [0.1, 0.15) is 11.5 Å². The Bertz CT molecular complexity index is 613. The second-order valence-corrected chi connectivity index (χ2v) is 4.25. The number of ether oxygens (including phenoxy) is 1. The maximum Gasteiger partial charge on any atom is 0.259 e. The van der Waals surface area contributed by atoms with Gasteiger partial charge in [-0.3, -0.25) is 4.79 Å². The second kappa shape index (κ2) is 5.63. The Morgan fingerprint density at radius 3 is 2.74 bits per heavy atom. The largest absolute Gasteiger partial charge is 0.507 e. The van der Waals surface area contributed by atoms with Gasteiger partial charge in [0, 0.05) is 5.02 Å². The first-order valence-electron chi connectivity index (χ1n) is 5.54. The Morgan fingerprint density at radius 2 is 2.00 bits per heavy atom. The van der Waals surface area contributed by atoms with Crippen molar-refractivity contribution in [2.45, 2.75) is 0 Å². The molecular formula is C14H12ClNO3. The van der Waals surface area contributed by atoms with Crippen LogP contribution < -0.4 is 10.1 Å². The van der Waals surface area contributed by atoms with Gasteiger partial charge < -0.3 is 15.2 Å². The van der Waals surface area contributed by atoms with Crippen LogP contribution in [0.25, 0.3) is 0 Å². The van der Waals surface area contributed by atoms with E-state index in [1.54, 1.807) is 24.3 Å². The molecule has 0 unspecified atom stereocenters. The Hall–Kier alpha value is -2.20. The van der Waals surface area contributed by atoms with E-state index in [4.69, 9.17) is 16.3 Å². The molecule has 98 valence electrons. The van der Waals surface area contributed by atoms with Crippen molar-refractivity contribution in [1.29, 1.82) is 0 Å². The van der Waals surface area contributed by atoms with Gasteiger partial charge in [0.2, 0.25) is 0 Å². The quantitative estimate of drug-likeness (QED) is 0.905. The van der Waals surface area contributed by atoms with E-state index in [1.165, 1.54) is 25.3 Å². The molecule has 2 aromatic carbocycles. The summed E-state index contributed by atoms with van der Waals surface area (Å²) in [5.74, 6) is -0.0429. The number of aromatic hydroxyl groups is 1. The number of carbonyl (C=O) groups excluding carboxylic acids is 1. The van der Waals surface area contributed by atoms with Crippen LogP contribution in [0.4, 0.5) is 5.69 Å². The summed E-state index contributed by atoms with van der Waals surface area (Å²) in [5.41, 5.74) is 0.632. The van der Waals surface area contributed by atoms with E-state index in [1.807, 2.05) is 0 Å². The summed E-state index contributed by atoms with van der Waals surface area (Å²) in [5, 5.41) is 12.7. The number of halogens is 1. The van der Waals surface area contributed by atoms with Gasteiger partial charge in [-0.15, -0.1) is 0 Å². The van der Waals surface area contributed by atoms with Crippen molar-refractivity contribution < 1.29 is 14.6 Å². The number of para-hydroxylation sites is 2. The third-order valence-corrected chi connectivity index (χ3v) is 2.79. The van der Waals surface area contributed by atoms with E-state index in [0.717, 1.165) is 0 Å². The first-order valence-corrected chi connectivity index (χ1v) is 5.92. The van der Waals surface area contributed by atoms with Gasteiger partial charge in [-0.1, -0.05) is 23.7 Å². The molecule has 0 heterocycles. The van der Waals surface area contributed by atoms with Crippen LogP contribution in [0.5, 0.6) is 11.5 Å². The highest BCUT2D eigenvalue weighted by molar-refractivity contribution is 6.31. The zero-order valence-corrected chi connectivity index (χ0v) is 10.9. The van der Waals surface area contributed by atoms with Crippen LogP contribution in [-0.2, 0) is 0 Å². The molecule has 0 aliphatic rings. The van der Waals surface area contributed by atoms with E-state index < -0.39 is 5.91 Å². The maximum absolute atomic E-state index is 12.1.